The molecule has 0 aliphatic carbocycles. The van der Waals surface area contributed by atoms with Crippen LogP contribution < -0.4 is 28.1 Å². The first-order valence-electron chi connectivity index (χ1n) is 6.27. The van der Waals surface area contributed by atoms with Gasteiger partial charge in [-0.15, -0.1) is 0 Å². The van der Waals surface area contributed by atoms with Crippen LogP contribution in [0.15, 0.2) is 28.0 Å². The van der Waals surface area contributed by atoms with E-state index in [1.807, 2.05) is 0 Å². The van der Waals surface area contributed by atoms with Gasteiger partial charge in [-0.25, -0.2) is 10.9 Å². The number of benzene rings is 1. The number of anilines is 4. The van der Waals surface area contributed by atoms with Gasteiger partial charge in [0.1, 0.15) is 0 Å². The summed E-state index contributed by atoms with van der Waals surface area (Å²) in [4.78, 5) is 5.84. The van der Waals surface area contributed by atoms with Crippen LogP contribution in [0.5, 0.6) is 0 Å². The Balaban J connectivity index is 2.44. The highest BCUT2D eigenvalue weighted by molar-refractivity contribution is 7.86. The van der Waals surface area contributed by atoms with Crippen LogP contribution in [0.4, 0.5) is 29.0 Å². The zero-order chi connectivity index (χ0) is 19.0. The number of hydrogen-bond acceptors (Lipinski definition) is 10. The molecule has 2 rings (SSSR count). The van der Waals surface area contributed by atoms with Crippen LogP contribution >= 0.6 is 0 Å². The molecule has 25 heavy (non-hydrogen) atoms. The molecule has 0 saturated heterocycles. The Morgan fingerprint density at radius 1 is 0.960 bits per heavy atom. The van der Waals surface area contributed by atoms with Crippen molar-refractivity contribution in [3.63, 3.8) is 0 Å². The van der Waals surface area contributed by atoms with Crippen LogP contribution in [0.1, 0.15) is 0 Å². The average molecular weight is 392 g/mol. The van der Waals surface area contributed by atoms with Gasteiger partial charge < -0.3 is 17.2 Å². The minimum atomic E-state index is -4.81. The van der Waals surface area contributed by atoms with Gasteiger partial charge in [-0.05, 0) is 12.1 Å². The molecule has 1 aromatic heterocycles. The van der Waals surface area contributed by atoms with E-state index in [-0.39, 0.29) is 29.0 Å². The lowest BCUT2D eigenvalue weighted by Gasteiger charge is -2.11. The van der Waals surface area contributed by atoms with E-state index in [1.165, 1.54) is 0 Å². The largest absolute Gasteiger partial charge is 0.382 e. The summed E-state index contributed by atoms with van der Waals surface area (Å²) in [5, 5.41) is 0. The zero-order valence-electron chi connectivity index (χ0n) is 12.3. The highest BCUT2D eigenvalue weighted by Crippen LogP contribution is 2.24. The maximum absolute atomic E-state index is 11.5. The fourth-order valence-corrected chi connectivity index (χ4v) is 3.11. The summed E-state index contributed by atoms with van der Waals surface area (Å²) in [5.41, 5.74) is 20.1. The first kappa shape index (κ1) is 18.6. The molecule has 1 heterocycles. The fourth-order valence-electron chi connectivity index (χ4n) is 1.83. The van der Waals surface area contributed by atoms with Gasteiger partial charge in [0.25, 0.3) is 10.1 Å². The van der Waals surface area contributed by atoms with Gasteiger partial charge in [-0.2, -0.15) is 26.8 Å². The second kappa shape index (κ2) is 6.30. The zero-order valence-corrected chi connectivity index (χ0v) is 13.9. The minimum Gasteiger partial charge on any atom is -0.382 e. The molecule has 0 spiro atoms. The molecular weight excluding hydrogens is 378 g/mol. The monoisotopic (exact) mass is 392 g/mol. The van der Waals surface area contributed by atoms with E-state index in [1.54, 1.807) is 0 Å². The topological polar surface area (TPSA) is 241 Å². The van der Waals surface area contributed by atoms with Gasteiger partial charge in [-0.3, -0.25) is 9.11 Å². The number of quaternary nitrogens is 1. The Labute approximate surface area is 141 Å². The predicted octanol–water partition coefficient (Wildman–Crippen LogP) is -2.06. The van der Waals surface area contributed by atoms with Crippen LogP contribution in [0.3, 0.4) is 0 Å². The van der Waals surface area contributed by atoms with Gasteiger partial charge in [0.15, 0.2) is 27.9 Å². The summed E-state index contributed by atoms with van der Waals surface area (Å²) in [6, 6.07) is 2.55. The molecule has 0 radical (unpaired) electrons. The first-order valence-corrected chi connectivity index (χ1v) is 9.15. The number of aromatic nitrogens is 2. The van der Waals surface area contributed by atoms with E-state index in [0.29, 0.717) is 6.07 Å². The van der Waals surface area contributed by atoms with Crippen LogP contribution in [0.25, 0.3) is 0 Å². The van der Waals surface area contributed by atoms with Gasteiger partial charge >= 0.3 is 10.1 Å². The van der Waals surface area contributed by atoms with Crippen LogP contribution in [-0.4, -0.2) is 35.9 Å². The Morgan fingerprint density at radius 3 is 2.00 bits per heavy atom. The van der Waals surface area contributed by atoms with Crippen molar-refractivity contribution in [1.82, 2.24) is 9.97 Å². The van der Waals surface area contributed by atoms with E-state index in [9.17, 15) is 21.4 Å². The molecule has 0 bridgehead atoms. The lowest BCUT2D eigenvalue weighted by atomic mass is 10.3. The summed E-state index contributed by atoms with van der Waals surface area (Å²) in [6.45, 7) is 0. The number of hydrogen-bond donors (Lipinski definition) is 7. The number of rotatable bonds is 5. The molecule has 2 aromatic rings. The maximum Gasteiger partial charge on any atom is 0.300 e. The third kappa shape index (κ3) is 4.22. The fraction of sp³-hybridized carbons (Fsp3) is 0. The van der Waals surface area contributed by atoms with E-state index in [2.05, 4.69) is 15.4 Å². The molecule has 0 aliphatic heterocycles. The molecule has 13 nitrogen and oxygen atoms in total. The van der Waals surface area contributed by atoms with E-state index in [0.717, 1.165) is 17.6 Å². The smallest absolute Gasteiger partial charge is 0.300 e. The molecule has 0 aliphatic rings. The molecule has 0 unspecified atom stereocenters. The molecule has 11 N–H and O–H groups in total. The molecule has 15 heteroatoms. The van der Waals surface area contributed by atoms with E-state index in [4.69, 9.17) is 21.8 Å². The number of nitrogens with two attached hydrogens (primary N) is 4. The second-order valence-electron chi connectivity index (χ2n) is 4.67. The third-order valence-corrected chi connectivity index (χ3v) is 4.67. The summed E-state index contributed by atoms with van der Waals surface area (Å²) in [7, 11) is -9.48. The number of nitrogens with zero attached hydrogens (tertiary/aromatic N) is 2. The van der Waals surface area contributed by atoms with Gasteiger partial charge in [0, 0.05) is 6.07 Å². The van der Waals surface area contributed by atoms with Crippen LogP contribution in [0.2, 0.25) is 0 Å². The summed E-state index contributed by atoms with van der Waals surface area (Å²) in [6.07, 6.45) is 0. The lowest BCUT2D eigenvalue weighted by molar-refractivity contribution is -0.540. The van der Waals surface area contributed by atoms with Crippen molar-refractivity contribution in [3.05, 3.63) is 18.2 Å². The van der Waals surface area contributed by atoms with Crippen molar-refractivity contribution < 1.29 is 31.4 Å². The van der Waals surface area contributed by atoms with Crippen molar-refractivity contribution in [2.24, 2.45) is 0 Å². The molecule has 0 atom stereocenters. The Hall–Kier alpha value is -2.72. The molecular formula is C10H14N7O6S2+. The second-order valence-corrected chi connectivity index (χ2v) is 7.48. The summed E-state index contributed by atoms with van der Waals surface area (Å²) in [5.74, 6) is -0.412. The van der Waals surface area contributed by atoms with Gasteiger partial charge in [-0.1, -0.05) is 0 Å². The Morgan fingerprint density at radius 2 is 1.52 bits per heavy atom. The standard InChI is InChI=1S/C10H13N7O6S2/c11-8-7(9(12)15-10(13)14-8)17-16-5-2-1-4(24(18,19)20)3-6(5)25(21,22)23/h1-3,16-17H,(H,18,19,20)(H,21,22,23)(H6,11,12,13,14,15)/p+1. The predicted molar refractivity (Wildman–Crippen MR) is 86.5 cm³/mol. The van der Waals surface area contributed by atoms with Crippen LogP contribution in [0, 0.1) is 0 Å². The maximum atomic E-state index is 11.5. The third-order valence-electron chi connectivity index (χ3n) is 2.92. The minimum absolute atomic E-state index is 0.0225. The highest BCUT2D eigenvalue weighted by atomic mass is 32.2. The van der Waals surface area contributed by atoms with E-state index < -0.39 is 30.0 Å². The van der Waals surface area contributed by atoms with Crippen molar-refractivity contribution in [2.45, 2.75) is 9.79 Å². The van der Waals surface area contributed by atoms with Crippen molar-refractivity contribution in [2.75, 3.05) is 22.6 Å². The molecule has 0 amide bonds. The lowest BCUT2D eigenvalue weighted by Crippen LogP contribution is -2.83. The van der Waals surface area contributed by atoms with Crippen molar-refractivity contribution in [3.8, 4) is 0 Å². The Bertz CT molecular complexity index is 1010. The number of nitrogens with one attached hydrogen (secondary N) is 1. The molecule has 0 fully saturated rings. The van der Waals surface area contributed by atoms with Gasteiger partial charge in [0.2, 0.25) is 5.95 Å². The van der Waals surface area contributed by atoms with Crippen molar-refractivity contribution >= 4 is 49.2 Å². The molecule has 0 saturated carbocycles. The van der Waals surface area contributed by atoms with E-state index >= 15 is 0 Å². The average Bonchev–Trinajstić information content (AvgIpc) is 2.44. The first-order chi connectivity index (χ1) is 11.4. The summed E-state index contributed by atoms with van der Waals surface area (Å²) < 4.78 is 63.4. The van der Waals surface area contributed by atoms with Crippen LogP contribution in [-0.2, 0) is 20.2 Å². The normalized spacial score (nSPS) is 12.1. The summed E-state index contributed by atoms with van der Waals surface area (Å²) >= 11 is 0. The molecule has 136 valence electrons. The quantitative estimate of drug-likeness (QED) is 0.126. The highest BCUT2D eigenvalue weighted by Gasteiger charge is 2.23. The SMILES string of the molecule is Nc1nc(N)c(N[NH2+]c2ccc(S(=O)(=O)O)cc2S(=O)(=O)O)c(N)n1. The van der Waals surface area contributed by atoms with Crippen molar-refractivity contribution in [1.29, 1.82) is 0 Å². The Kier molecular flexibility index (Phi) is 4.69. The van der Waals surface area contributed by atoms with Gasteiger partial charge in [0.05, 0.1) is 4.90 Å². The molecule has 1 aromatic carbocycles. The number of nitrogen functional groups attached to an aromatic ring is 4.